The van der Waals surface area contributed by atoms with Crippen molar-refractivity contribution in [1.82, 2.24) is 9.97 Å². The van der Waals surface area contributed by atoms with E-state index >= 15 is 0 Å². The molecule has 1 aliphatic rings. The molecular weight excluding hydrogens is 390 g/mol. The van der Waals surface area contributed by atoms with E-state index in [1.807, 2.05) is 39.0 Å². The molecule has 1 unspecified atom stereocenters. The number of rotatable bonds is 7. The molecule has 0 aliphatic heterocycles. The van der Waals surface area contributed by atoms with Crippen molar-refractivity contribution in [1.29, 1.82) is 0 Å². The fourth-order valence-electron chi connectivity index (χ4n) is 3.54. The number of ketones is 1. The van der Waals surface area contributed by atoms with Gasteiger partial charge >= 0.3 is 0 Å². The molecule has 0 bridgehead atoms. The minimum Gasteiger partial charge on any atom is -0.372 e. The van der Waals surface area contributed by atoms with Gasteiger partial charge in [0.1, 0.15) is 17.7 Å². The second kappa shape index (κ2) is 9.79. The van der Waals surface area contributed by atoms with Gasteiger partial charge < -0.3 is 10.1 Å². The van der Waals surface area contributed by atoms with Crippen molar-refractivity contribution in [2.24, 2.45) is 5.92 Å². The standard InChI is InChI=1S/C25H29N3O3/c1-6-7-23(29)18-8-15(2)9-21(16(3)10-18)22-11-19-14-27-24(12-20(19)13-26-22)28-25(30)17(4)31-5/h8-14,17-18H,6-7H2,1-5H3,(H,27,28,30)/t17-,18?/m0/s1. The molecule has 6 nitrogen and oxygen atoms in total. The van der Waals surface area contributed by atoms with Crippen LogP contribution in [0.1, 0.15) is 46.2 Å². The molecule has 0 spiro atoms. The Morgan fingerprint density at radius 1 is 1.13 bits per heavy atom. The van der Waals surface area contributed by atoms with Crippen LogP contribution < -0.4 is 5.32 Å². The van der Waals surface area contributed by atoms with Gasteiger partial charge in [0.25, 0.3) is 5.91 Å². The number of nitrogens with zero attached hydrogens (tertiary/aromatic N) is 2. The van der Waals surface area contributed by atoms with Crippen molar-refractivity contribution in [3.8, 4) is 0 Å². The fourth-order valence-corrected chi connectivity index (χ4v) is 3.54. The van der Waals surface area contributed by atoms with Crippen molar-refractivity contribution in [2.75, 3.05) is 12.4 Å². The zero-order chi connectivity index (χ0) is 22.5. The molecule has 2 heterocycles. The summed E-state index contributed by atoms with van der Waals surface area (Å²) in [4.78, 5) is 33.5. The molecule has 1 N–H and O–H groups in total. The van der Waals surface area contributed by atoms with Crippen molar-refractivity contribution in [2.45, 2.75) is 46.6 Å². The van der Waals surface area contributed by atoms with E-state index < -0.39 is 6.10 Å². The third-order valence-corrected chi connectivity index (χ3v) is 5.39. The SMILES string of the molecule is CCCC(=O)C1C=C(C)C=C(c2cc3cnc(NC(=O)[C@H](C)OC)cc3cn2)C(C)=C1. The number of hydrogen-bond donors (Lipinski definition) is 1. The molecule has 0 saturated carbocycles. The van der Waals surface area contributed by atoms with Crippen LogP contribution in [0.15, 0.2) is 53.9 Å². The first-order valence-corrected chi connectivity index (χ1v) is 10.5. The lowest BCUT2D eigenvalue weighted by Gasteiger charge is -2.12. The van der Waals surface area contributed by atoms with Crippen LogP contribution in [0.5, 0.6) is 0 Å². The van der Waals surface area contributed by atoms with Gasteiger partial charge in [0.15, 0.2) is 0 Å². The maximum absolute atomic E-state index is 12.5. The van der Waals surface area contributed by atoms with Crippen LogP contribution in [-0.4, -0.2) is 34.9 Å². The third-order valence-electron chi connectivity index (χ3n) is 5.39. The molecule has 1 amide bonds. The molecule has 6 heteroatoms. The monoisotopic (exact) mass is 419 g/mol. The Labute approximate surface area is 183 Å². The summed E-state index contributed by atoms with van der Waals surface area (Å²) in [6, 6.07) is 3.78. The summed E-state index contributed by atoms with van der Waals surface area (Å²) in [5.41, 5.74) is 3.89. The summed E-state index contributed by atoms with van der Waals surface area (Å²) in [6.45, 7) is 7.73. The van der Waals surface area contributed by atoms with Crippen LogP contribution >= 0.6 is 0 Å². The van der Waals surface area contributed by atoms with E-state index in [2.05, 4.69) is 21.4 Å². The van der Waals surface area contributed by atoms with Gasteiger partial charge in [-0.2, -0.15) is 0 Å². The number of allylic oxidation sites excluding steroid dienone is 6. The molecule has 162 valence electrons. The van der Waals surface area contributed by atoms with Gasteiger partial charge in [-0.15, -0.1) is 0 Å². The van der Waals surface area contributed by atoms with E-state index in [-0.39, 0.29) is 17.6 Å². The highest BCUT2D eigenvalue weighted by molar-refractivity contribution is 5.96. The maximum atomic E-state index is 12.5. The highest BCUT2D eigenvalue weighted by Crippen LogP contribution is 2.30. The Hall–Kier alpha value is -3.12. The van der Waals surface area contributed by atoms with Gasteiger partial charge in [-0.1, -0.05) is 24.6 Å². The number of Topliss-reactive ketones (excluding diaryl/α,β-unsaturated/α-hetero) is 1. The average Bonchev–Trinajstić information content (AvgIpc) is 2.90. The Morgan fingerprint density at radius 2 is 1.84 bits per heavy atom. The topological polar surface area (TPSA) is 81.2 Å². The quantitative estimate of drug-likeness (QED) is 0.692. The fraction of sp³-hybridized carbons (Fsp3) is 0.360. The Balaban J connectivity index is 1.90. The Bertz CT molecular complexity index is 1100. The number of pyridine rings is 2. The highest BCUT2D eigenvalue weighted by Gasteiger charge is 2.18. The highest BCUT2D eigenvalue weighted by atomic mass is 16.5. The Kier molecular flexibility index (Phi) is 7.13. The van der Waals surface area contributed by atoms with Crippen molar-refractivity contribution in [3.63, 3.8) is 0 Å². The predicted molar refractivity (Wildman–Crippen MR) is 124 cm³/mol. The van der Waals surface area contributed by atoms with Crippen LogP contribution in [0.25, 0.3) is 16.3 Å². The second-order valence-corrected chi connectivity index (χ2v) is 7.91. The summed E-state index contributed by atoms with van der Waals surface area (Å²) >= 11 is 0. The molecular formula is C25H29N3O3. The van der Waals surface area contributed by atoms with E-state index in [1.54, 1.807) is 25.4 Å². The zero-order valence-corrected chi connectivity index (χ0v) is 18.7. The van der Waals surface area contributed by atoms with Crippen molar-refractivity contribution < 1.29 is 14.3 Å². The number of hydrogen-bond acceptors (Lipinski definition) is 5. The maximum Gasteiger partial charge on any atom is 0.254 e. The van der Waals surface area contributed by atoms with Crippen molar-refractivity contribution >= 4 is 33.9 Å². The minimum absolute atomic E-state index is 0.198. The van der Waals surface area contributed by atoms with E-state index in [0.717, 1.165) is 39.6 Å². The molecule has 2 aromatic rings. The number of methoxy groups -OCH3 is 1. The lowest BCUT2D eigenvalue weighted by molar-refractivity contribution is -0.124. The summed E-state index contributed by atoms with van der Waals surface area (Å²) in [6.07, 6.45) is 10.5. The van der Waals surface area contributed by atoms with Crippen LogP contribution in [0.4, 0.5) is 5.82 Å². The minimum atomic E-state index is -0.556. The molecule has 2 aromatic heterocycles. The smallest absolute Gasteiger partial charge is 0.254 e. The molecule has 1 aliphatic carbocycles. The van der Waals surface area contributed by atoms with Gasteiger partial charge in [0.2, 0.25) is 0 Å². The summed E-state index contributed by atoms with van der Waals surface area (Å²) in [5.74, 6) is 0.245. The number of fused-ring (bicyclic) bond motifs is 1. The number of carbonyl (C=O) groups is 2. The van der Waals surface area contributed by atoms with Crippen LogP contribution in [-0.2, 0) is 14.3 Å². The number of nitrogens with one attached hydrogen (secondary N) is 1. The van der Waals surface area contributed by atoms with Crippen LogP contribution in [0.2, 0.25) is 0 Å². The number of carbonyl (C=O) groups excluding carboxylic acids is 2. The van der Waals surface area contributed by atoms with Crippen LogP contribution in [0.3, 0.4) is 0 Å². The molecule has 31 heavy (non-hydrogen) atoms. The van der Waals surface area contributed by atoms with E-state index in [9.17, 15) is 9.59 Å². The normalized spacial score (nSPS) is 17.3. The van der Waals surface area contributed by atoms with E-state index in [0.29, 0.717) is 12.2 Å². The molecule has 3 rings (SSSR count). The van der Waals surface area contributed by atoms with Gasteiger partial charge in [0, 0.05) is 42.3 Å². The van der Waals surface area contributed by atoms with Gasteiger partial charge in [-0.05, 0) is 51.0 Å². The van der Waals surface area contributed by atoms with Crippen LogP contribution in [0, 0.1) is 5.92 Å². The first-order chi connectivity index (χ1) is 14.8. The van der Waals surface area contributed by atoms with Gasteiger partial charge in [-0.3, -0.25) is 14.6 Å². The first-order valence-electron chi connectivity index (χ1n) is 10.5. The average molecular weight is 420 g/mol. The molecule has 2 atom stereocenters. The van der Waals surface area contributed by atoms with Gasteiger partial charge in [-0.25, -0.2) is 4.98 Å². The third kappa shape index (κ3) is 5.33. The summed E-state index contributed by atoms with van der Waals surface area (Å²) in [7, 11) is 1.49. The molecule has 0 fully saturated rings. The number of amides is 1. The predicted octanol–water partition coefficient (Wildman–Crippen LogP) is 4.88. The van der Waals surface area contributed by atoms with E-state index in [1.165, 1.54) is 7.11 Å². The molecule has 0 radical (unpaired) electrons. The first kappa shape index (κ1) is 22.6. The molecule has 0 saturated heterocycles. The summed E-state index contributed by atoms with van der Waals surface area (Å²) in [5, 5.41) is 4.54. The number of anilines is 1. The number of ether oxygens (including phenoxy) is 1. The van der Waals surface area contributed by atoms with Crippen molar-refractivity contribution in [3.05, 3.63) is 59.6 Å². The lowest BCUT2D eigenvalue weighted by Crippen LogP contribution is -2.26. The lowest BCUT2D eigenvalue weighted by atomic mass is 9.95. The Morgan fingerprint density at radius 3 is 2.55 bits per heavy atom. The van der Waals surface area contributed by atoms with Gasteiger partial charge in [0.05, 0.1) is 11.6 Å². The molecule has 0 aromatic carbocycles. The number of aromatic nitrogens is 2. The largest absolute Gasteiger partial charge is 0.372 e. The zero-order valence-electron chi connectivity index (χ0n) is 18.7. The summed E-state index contributed by atoms with van der Waals surface area (Å²) < 4.78 is 5.03. The van der Waals surface area contributed by atoms with E-state index in [4.69, 9.17) is 4.74 Å². The second-order valence-electron chi connectivity index (χ2n) is 7.91.